The Morgan fingerprint density at radius 1 is 1.44 bits per heavy atom. The second kappa shape index (κ2) is 6.59. The summed E-state index contributed by atoms with van der Waals surface area (Å²) in [5.74, 6) is 1.54. The number of amides is 1. The van der Waals surface area contributed by atoms with Crippen molar-refractivity contribution in [3.8, 4) is 0 Å². The molecule has 2 atom stereocenters. The summed E-state index contributed by atoms with van der Waals surface area (Å²) in [7, 11) is 0. The summed E-state index contributed by atoms with van der Waals surface area (Å²) in [5.41, 5.74) is 0. The minimum atomic E-state index is 0.0836. The Balaban J connectivity index is 1.65. The lowest BCUT2D eigenvalue weighted by molar-refractivity contribution is -0.121. The third-order valence-electron chi connectivity index (χ3n) is 3.62. The molecule has 1 fully saturated rings. The second-order valence-electron chi connectivity index (χ2n) is 5.12. The molecule has 2 N–H and O–H groups in total. The fourth-order valence-electron chi connectivity index (χ4n) is 2.50. The van der Waals surface area contributed by atoms with Crippen LogP contribution in [-0.2, 0) is 11.3 Å². The topological polar surface area (TPSA) is 54.3 Å². The van der Waals surface area contributed by atoms with Crippen LogP contribution in [0.5, 0.6) is 0 Å². The Labute approximate surface area is 108 Å². The molecule has 1 amide bonds. The molecule has 1 aliphatic rings. The molecule has 1 aromatic rings. The maximum atomic E-state index is 11.8. The quantitative estimate of drug-likeness (QED) is 0.841. The Morgan fingerprint density at radius 2 is 2.28 bits per heavy atom. The first kappa shape index (κ1) is 13.1. The lowest BCUT2D eigenvalue weighted by atomic mass is 9.86. The lowest BCUT2D eigenvalue weighted by Crippen LogP contribution is -2.44. The number of rotatable bonds is 5. The van der Waals surface area contributed by atoms with Crippen LogP contribution in [0.1, 0.15) is 38.4 Å². The van der Waals surface area contributed by atoms with Gasteiger partial charge >= 0.3 is 0 Å². The number of hydrogen-bond donors (Lipinski definition) is 2. The van der Waals surface area contributed by atoms with Crippen LogP contribution in [0.25, 0.3) is 0 Å². The standard InChI is InChI=1S/C14H22N2O2/c1-11-5-2-3-7-13(11)16-14(17)10-15-9-12-6-4-8-18-12/h4,6,8,11,13,15H,2-3,5,7,9-10H2,1H3,(H,16,17). The Kier molecular flexibility index (Phi) is 4.81. The second-order valence-corrected chi connectivity index (χ2v) is 5.12. The number of hydrogen-bond acceptors (Lipinski definition) is 3. The van der Waals surface area contributed by atoms with Crippen molar-refractivity contribution in [2.45, 2.75) is 45.2 Å². The molecule has 2 unspecified atom stereocenters. The van der Waals surface area contributed by atoms with Gasteiger partial charge in [0.2, 0.25) is 5.91 Å². The molecule has 0 saturated heterocycles. The Morgan fingerprint density at radius 3 is 3.00 bits per heavy atom. The van der Waals surface area contributed by atoms with E-state index in [1.54, 1.807) is 6.26 Å². The normalized spacial score (nSPS) is 23.8. The van der Waals surface area contributed by atoms with Gasteiger partial charge in [0.05, 0.1) is 19.4 Å². The first-order valence-electron chi connectivity index (χ1n) is 6.78. The number of furan rings is 1. The van der Waals surface area contributed by atoms with E-state index in [9.17, 15) is 4.79 Å². The van der Waals surface area contributed by atoms with Crippen LogP contribution in [0, 0.1) is 5.92 Å². The zero-order chi connectivity index (χ0) is 12.8. The summed E-state index contributed by atoms with van der Waals surface area (Å²) < 4.78 is 5.19. The minimum Gasteiger partial charge on any atom is -0.468 e. The van der Waals surface area contributed by atoms with Gasteiger partial charge in [0.25, 0.3) is 0 Å². The number of carbonyl (C=O) groups excluding carboxylic acids is 1. The molecule has 1 aromatic heterocycles. The van der Waals surface area contributed by atoms with E-state index in [1.165, 1.54) is 19.3 Å². The molecule has 0 spiro atoms. The molecule has 1 saturated carbocycles. The van der Waals surface area contributed by atoms with Gasteiger partial charge in [-0.3, -0.25) is 4.79 Å². The van der Waals surface area contributed by atoms with Crippen LogP contribution in [0.2, 0.25) is 0 Å². The highest BCUT2D eigenvalue weighted by atomic mass is 16.3. The first-order valence-corrected chi connectivity index (χ1v) is 6.78. The van der Waals surface area contributed by atoms with Crippen LogP contribution >= 0.6 is 0 Å². The first-order chi connectivity index (χ1) is 8.75. The molecule has 4 nitrogen and oxygen atoms in total. The van der Waals surface area contributed by atoms with Crippen molar-refractivity contribution in [2.24, 2.45) is 5.92 Å². The molecule has 2 rings (SSSR count). The van der Waals surface area contributed by atoms with Gasteiger partial charge in [0, 0.05) is 6.04 Å². The van der Waals surface area contributed by atoms with Gasteiger partial charge in [-0.2, -0.15) is 0 Å². The SMILES string of the molecule is CC1CCCCC1NC(=O)CNCc1ccco1. The van der Waals surface area contributed by atoms with Gasteiger partial charge in [0.15, 0.2) is 0 Å². The van der Waals surface area contributed by atoms with Crippen molar-refractivity contribution < 1.29 is 9.21 Å². The van der Waals surface area contributed by atoms with Crippen molar-refractivity contribution in [1.29, 1.82) is 0 Å². The Hall–Kier alpha value is -1.29. The van der Waals surface area contributed by atoms with E-state index in [2.05, 4.69) is 17.6 Å². The molecular formula is C14H22N2O2. The Bertz CT molecular complexity index is 362. The fourth-order valence-corrected chi connectivity index (χ4v) is 2.50. The molecule has 100 valence electrons. The summed E-state index contributed by atoms with van der Waals surface area (Å²) in [6.07, 6.45) is 6.51. The molecule has 0 bridgehead atoms. The predicted molar refractivity (Wildman–Crippen MR) is 70.0 cm³/mol. The largest absolute Gasteiger partial charge is 0.468 e. The van der Waals surface area contributed by atoms with E-state index < -0.39 is 0 Å². The molecule has 0 aliphatic heterocycles. The molecule has 18 heavy (non-hydrogen) atoms. The van der Waals surface area contributed by atoms with Crippen LogP contribution in [-0.4, -0.2) is 18.5 Å². The van der Waals surface area contributed by atoms with E-state index >= 15 is 0 Å². The van der Waals surface area contributed by atoms with E-state index in [1.807, 2.05) is 12.1 Å². The predicted octanol–water partition coefficient (Wildman–Crippen LogP) is 2.06. The summed E-state index contributed by atoms with van der Waals surface area (Å²) >= 11 is 0. The van der Waals surface area contributed by atoms with E-state index in [4.69, 9.17) is 4.42 Å². The summed E-state index contributed by atoms with van der Waals surface area (Å²) in [6.45, 7) is 3.17. The average Bonchev–Trinajstić information content (AvgIpc) is 2.85. The van der Waals surface area contributed by atoms with Crippen LogP contribution in [0.3, 0.4) is 0 Å². The summed E-state index contributed by atoms with van der Waals surface area (Å²) in [6, 6.07) is 4.10. The minimum absolute atomic E-state index is 0.0836. The average molecular weight is 250 g/mol. The van der Waals surface area contributed by atoms with Gasteiger partial charge in [-0.25, -0.2) is 0 Å². The maximum absolute atomic E-state index is 11.8. The van der Waals surface area contributed by atoms with Crippen molar-refractivity contribution in [2.75, 3.05) is 6.54 Å². The number of nitrogens with one attached hydrogen (secondary N) is 2. The third kappa shape index (κ3) is 3.88. The molecule has 0 radical (unpaired) electrons. The van der Waals surface area contributed by atoms with Gasteiger partial charge in [-0.1, -0.05) is 19.8 Å². The molecule has 1 heterocycles. The molecule has 4 heteroatoms. The van der Waals surface area contributed by atoms with Crippen LogP contribution < -0.4 is 10.6 Å². The van der Waals surface area contributed by atoms with Gasteiger partial charge in [-0.15, -0.1) is 0 Å². The maximum Gasteiger partial charge on any atom is 0.234 e. The number of carbonyl (C=O) groups is 1. The van der Waals surface area contributed by atoms with Crippen LogP contribution in [0.15, 0.2) is 22.8 Å². The smallest absolute Gasteiger partial charge is 0.234 e. The fraction of sp³-hybridized carbons (Fsp3) is 0.643. The lowest BCUT2D eigenvalue weighted by Gasteiger charge is -2.29. The van der Waals surface area contributed by atoms with Crippen molar-refractivity contribution in [1.82, 2.24) is 10.6 Å². The van der Waals surface area contributed by atoms with Gasteiger partial charge in [-0.05, 0) is 30.9 Å². The third-order valence-corrected chi connectivity index (χ3v) is 3.62. The van der Waals surface area contributed by atoms with Crippen molar-refractivity contribution in [3.05, 3.63) is 24.2 Å². The van der Waals surface area contributed by atoms with Gasteiger partial charge < -0.3 is 15.1 Å². The zero-order valence-electron chi connectivity index (χ0n) is 10.9. The molecule has 0 aromatic carbocycles. The highest BCUT2D eigenvalue weighted by Gasteiger charge is 2.22. The zero-order valence-corrected chi connectivity index (χ0v) is 10.9. The van der Waals surface area contributed by atoms with Gasteiger partial charge in [0.1, 0.15) is 5.76 Å². The van der Waals surface area contributed by atoms with Crippen LogP contribution in [0.4, 0.5) is 0 Å². The van der Waals surface area contributed by atoms with E-state index in [0.717, 1.165) is 12.2 Å². The highest BCUT2D eigenvalue weighted by Crippen LogP contribution is 2.23. The highest BCUT2D eigenvalue weighted by molar-refractivity contribution is 5.78. The van der Waals surface area contributed by atoms with E-state index in [0.29, 0.717) is 25.0 Å². The monoisotopic (exact) mass is 250 g/mol. The van der Waals surface area contributed by atoms with Crippen molar-refractivity contribution in [3.63, 3.8) is 0 Å². The van der Waals surface area contributed by atoms with E-state index in [-0.39, 0.29) is 5.91 Å². The summed E-state index contributed by atoms with van der Waals surface area (Å²) in [5, 5.41) is 6.20. The van der Waals surface area contributed by atoms with Crippen molar-refractivity contribution >= 4 is 5.91 Å². The molecule has 1 aliphatic carbocycles. The summed E-state index contributed by atoms with van der Waals surface area (Å²) in [4.78, 5) is 11.8. The molecular weight excluding hydrogens is 228 g/mol.